The predicted octanol–water partition coefficient (Wildman–Crippen LogP) is 5.70. The highest BCUT2D eigenvalue weighted by Crippen LogP contribution is 2.40. The number of rotatable bonds is 4. The molecule has 0 aliphatic rings. The van der Waals surface area contributed by atoms with E-state index in [-0.39, 0.29) is 6.10 Å². The first-order valence-corrected chi connectivity index (χ1v) is 7.72. The van der Waals surface area contributed by atoms with Gasteiger partial charge in [0.05, 0.1) is 26.7 Å². The Morgan fingerprint density at radius 2 is 2.00 bits per heavy atom. The van der Waals surface area contributed by atoms with E-state index in [0.717, 1.165) is 16.7 Å². The van der Waals surface area contributed by atoms with Gasteiger partial charge in [0.15, 0.2) is 0 Å². The molecule has 0 saturated carbocycles. The first kappa shape index (κ1) is 15.2. The number of anilines is 1. The first-order valence-electron chi connectivity index (χ1n) is 6.08. The Kier molecular flexibility index (Phi) is 4.63. The van der Waals surface area contributed by atoms with Crippen LogP contribution in [0.4, 0.5) is 5.00 Å². The topological polar surface area (TPSA) is 35.2 Å². The van der Waals surface area contributed by atoms with Gasteiger partial charge in [0.1, 0.15) is 5.76 Å². The molecule has 0 saturated heterocycles. The van der Waals surface area contributed by atoms with E-state index in [1.807, 2.05) is 31.4 Å². The van der Waals surface area contributed by atoms with E-state index >= 15 is 0 Å². The van der Waals surface area contributed by atoms with Gasteiger partial charge in [0.25, 0.3) is 0 Å². The molecular weight excluding hydrogens is 313 g/mol. The molecule has 2 nitrogen and oxygen atoms in total. The lowest BCUT2D eigenvalue weighted by molar-refractivity contribution is 0.205. The standard InChI is InChI=1S/C15H15Cl2NOS/c1-8(2)19-9(3)14-11(7-20-15(14)18)10-4-5-12(16)13(17)6-10/h4-8H,3,18H2,1-2H3. The van der Waals surface area contributed by atoms with Crippen molar-refractivity contribution in [1.82, 2.24) is 0 Å². The average molecular weight is 328 g/mol. The van der Waals surface area contributed by atoms with E-state index in [1.165, 1.54) is 11.3 Å². The molecule has 106 valence electrons. The Morgan fingerprint density at radius 1 is 1.30 bits per heavy atom. The maximum absolute atomic E-state index is 6.07. The predicted molar refractivity (Wildman–Crippen MR) is 89.4 cm³/mol. The number of benzene rings is 1. The second-order valence-electron chi connectivity index (χ2n) is 4.61. The van der Waals surface area contributed by atoms with Gasteiger partial charge in [-0.15, -0.1) is 11.3 Å². The van der Waals surface area contributed by atoms with Crippen LogP contribution in [-0.4, -0.2) is 6.10 Å². The minimum Gasteiger partial charge on any atom is -0.491 e. The molecule has 0 atom stereocenters. The molecule has 2 aromatic rings. The van der Waals surface area contributed by atoms with Crippen LogP contribution in [0.25, 0.3) is 16.9 Å². The lowest BCUT2D eigenvalue weighted by atomic mass is 10.0. The van der Waals surface area contributed by atoms with Gasteiger partial charge in [-0.2, -0.15) is 0 Å². The molecule has 5 heteroatoms. The third-order valence-electron chi connectivity index (χ3n) is 2.71. The van der Waals surface area contributed by atoms with E-state index < -0.39 is 0 Å². The number of nitrogen functional groups attached to an aromatic ring is 1. The van der Waals surface area contributed by atoms with Gasteiger partial charge in [0, 0.05) is 10.9 Å². The minimum absolute atomic E-state index is 0.0449. The second-order valence-corrected chi connectivity index (χ2v) is 6.33. The van der Waals surface area contributed by atoms with Crippen LogP contribution >= 0.6 is 34.5 Å². The maximum atomic E-state index is 6.07. The van der Waals surface area contributed by atoms with E-state index in [4.69, 9.17) is 33.7 Å². The molecule has 20 heavy (non-hydrogen) atoms. The number of nitrogens with two attached hydrogens (primary N) is 1. The van der Waals surface area contributed by atoms with Gasteiger partial charge >= 0.3 is 0 Å². The van der Waals surface area contributed by atoms with E-state index in [1.54, 1.807) is 6.07 Å². The highest BCUT2D eigenvalue weighted by Gasteiger charge is 2.17. The van der Waals surface area contributed by atoms with Gasteiger partial charge in [-0.3, -0.25) is 0 Å². The van der Waals surface area contributed by atoms with Crippen molar-refractivity contribution < 1.29 is 4.74 Å². The molecule has 2 N–H and O–H groups in total. The number of hydrogen-bond acceptors (Lipinski definition) is 3. The van der Waals surface area contributed by atoms with Crippen LogP contribution in [0.2, 0.25) is 10.0 Å². The molecule has 0 fully saturated rings. The van der Waals surface area contributed by atoms with Gasteiger partial charge in [-0.05, 0) is 31.5 Å². The first-order chi connectivity index (χ1) is 9.40. The summed E-state index contributed by atoms with van der Waals surface area (Å²) in [5, 5.41) is 3.68. The molecule has 0 unspecified atom stereocenters. The average Bonchev–Trinajstić information content (AvgIpc) is 2.74. The number of ether oxygens (including phenoxy) is 1. The van der Waals surface area contributed by atoms with Crippen molar-refractivity contribution in [2.45, 2.75) is 20.0 Å². The van der Waals surface area contributed by atoms with Crippen molar-refractivity contribution >= 4 is 45.3 Å². The lowest BCUT2D eigenvalue weighted by Crippen LogP contribution is -2.02. The Balaban J connectivity index is 2.47. The summed E-state index contributed by atoms with van der Waals surface area (Å²) in [7, 11) is 0. The fourth-order valence-electron chi connectivity index (χ4n) is 1.88. The fourth-order valence-corrected chi connectivity index (χ4v) is 3.02. The molecule has 2 rings (SSSR count). The molecule has 0 spiro atoms. The van der Waals surface area contributed by atoms with Crippen molar-refractivity contribution in [3.8, 4) is 11.1 Å². The van der Waals surface area contributed by atoms with Crippen molar-refractivity contribution in [3.05, 3.63) is 45.8 Å². The molecule has 0 aliphatic heterocycles. The molecule has 1 aromatic carbocycles. The van der Waals surface area contributed by atoms with Crippen LogP contribution in [0.15, 0.2) is 30.2 Å². The molecule has 1 heterocycles. The fraction of sp³-hybridized carbons (Fsp3) is 0.200. The molecule has 0 amide bonds. The second kappa shape index (κ2) is 6.08. The van der Waals surface area contributed by atoms with Gasteiger partial charge in [-0.1, -0.05) is 35.8 Å². The smallest absolute Gasteiger partial charge is 0.123 e. The van der Waals surface area contributed by atoms with Crippen LogP contribution in [-0.2, 0) is 4.74 Å². The monoisotopic (exact) mass is 327 g/mol. The van der Waals surface area contributed by atoms with E-state index in [9.17, 15) is 0 Å². The zero-order valence-electron chi connectivity index (χ0n) is 11.2. The third-order valence-corrected chi connectivity index (χ3v) is 4.26. The third kappa shape index (κ3) is 3.11. The molecule has 0 aliphatic carbocycles. The SMILES string of the molecule is C=C(OC(C)C)c1c(-c2ccc(Cl)c(Cl)c2)csc1N. The summed E-state index contributed by atoms with van der Waals surface area (Å²) >= 11 is 13.5. The zero-order chi connectivity index (χ0) is 14.9. The Hall–Kier alpha value is -1.16. The van der Waals surface area contributed by atoms with Crippen molar-refractivity contribution in [2.75, 3.05) is 5.73 Å². The van der Waals surface area contributed by atoms with E-state index in [0.29, 0.717) is 20.8 Å². The highest BCUT2D eigenvalue weighted by atomic mass is 35.5. The van der Waals surface area contributed by atoms with Crippen LogP contribution in [0.3, 0.4) is 0 Å². The molecular formula is C15H15Cl2NOS. The zero-order valence-corrected chi connectivity index (χ0v) is 13.6. The maximum Gasteiger partial charge on any atom is 0.123 e. The van der Waals surface area contributed by atoms with Crippen molar-refractivity contribution in [3.63, 3.8) is 0 Å². The molecule has 0 bridgehead atoms. The number of halogens is 2. The quantitative estimate of drug-likeness (QED) is 0.731. The molecule has 1 aromatic heterocycles. The van der Waals surface area contributed by atoms with Crippen LogP contribution in [0, 0.1) is 0 Å². The summed E-state index contributed by atoms with van der Waals surface area (Å²) in [4.78, 5) is 0. The summed E-state index contributed by atoms with van der Waals surface area (Å²) in [6.07, 6.45) is 0.0449. The summed E-state index contributed by atoms with van der Waals surface area (Å²) in [5.41, 5.74) is 8.76. The van der Waals surface area contributed by atoms with Crippen LogP contribution < -0.4 is 5.73 Å². The van der Waals surface area contributed by atoms with Crippen molar-refractivity contribution in [1.29, 1.82) is 0 Å². The highest BCUT2D eigenvalue weighted by molar-refractivity contribution is 7.14. The number of hydrogen-bond donors (Lipinski definition) is 1. The lowest BCUT2D eigenvalue weighted by Gasteiger charge is -2.14. The summed E-state index contributed by atoms with van der Waals surface area (Å²) in [5.74, 6) is 0.569. The Bertz CT molecular complexity index is 649. The van der Waals surface area contributed by atoms with Crippen LogP contribution in [0.1, 0.15) is 19.4 Å². The largest absolute Gasteiger partial charge is 0.491 e. The summed E-state index contributed by atoms with van der Waals surface area (Å²) < 4.78 is 5.66. The molecule has 0 radical (unpaired) electrons. The summed E-state index contributed by atoms with van der Waals surface area (Å²) in [6, 6.07) is 5.49. The summed E-state index contributed by atoms with van der Waals surface area (Å²) in [6.45, 7) is 7.87. The van der Waals surface area contributed by atoms with Crippen molar-refractivity contribution in [2.24, 2.45) is 0 Å². The van der Waals surface area contributed by atoms with Gasteiger partial charge < -0.3 is 10.5 Å². The Morgan fingerprint density at radius 3 is 2.60 bits per heavy atom. The minimum atomic E-state index is 0.0449. The van der Waals surface area contributed by atoms with Gasteiger partial charge in [0.2, 0.25) is 0 Å². The Labute approximate surface area is 132 Å². The van der Waals surface area contributed by atoms with Crippen LogP contribution in [0.5, 0.6) is 0 Å². The normalized spacial score (nSPS) is 10.8. The van der Waals surface area contributed by atoms with E-state index in [2.05, 4.69) is 6.58 Å². The number of thiophene rings is 1. The van der Waals surface area contributed by atoms with Gasteiger partial charge in [-0.25, -0.2) is 0 Å².